The maximum atomic E-state index is 12.2. The van der Waals surface area contributed by atoms with Gasteiger partial charge in [0.1, 0.15) is 0 Å². The van der Waals surface area contributed by atoms with Crippen molar-refractivity contribution in [3.8, 4) is 0 Å². The van der Waals surface area contributed by atoms with E-state index in [9.17, 15) is 4.79 Å². The monoisotopic (exact) mass is 304 g/mol. The molecule has 3 rings (SSSR count). The van der Waals surface area contributed by atoms with Gasteiger partial charge in [-0.25, -0.2) is 4.79 Å². The second-order valence-electron chi connectivity index (χ2n) is 5.46. The molecule has 0 aliphatic carbocycles. The highest BCUT2D eigenvalue weighted by atomic mass is 32.1. The minimum absolute atomic E-state index is 0.0471. The number of nitrogens with one attached hydrogen (secondary N) is 2. The van der Waals surface area contributed by atoms with Crippen LogP contribution in [0, 0.1) is 6.92 Å². The third-order valence-electron chi connectivity index (χ3n) is 4.11. The van der Waals surface area contributed by atoms with Gasteiger partial charge < -0.3 is 10.2 Å². The van der Waals surface area contributed by atoms with Crippen LogP contribution in [0.4, 0.5) is 4.79 Å². The van der Waals surface area contributed by atoms with E-state index in [2.05, 4.69) is 33.9 Å². The second kappa shape index (κ2) is 6.30. The first kappa shape index (κ1) is 14.1. The van der Waals surface area contributed by atoms with Crippen LogP contribution in [0.25, 0.3) is 0 Å². The maximum absolute atomic E-state index is 12.2. The van der Waals surface area contributed by atoms with Crippen molar-refractivity contribution in [2.45, 2.75) is 32.2 Å². The molecule has 0 spiro atoms. The van der Waals surface area contributed by atoms with Crippen LogP contribution in [0.2, 0.25) is 0 Å². The standard InChI is InChI=1S/C15H20N4OS/c1-11-5-9-21-14(11)10-16-15(20)19-7-3-12(4-8-19)13-2-6-17-18-13/h2,5-6,9,12H,3-4,7-8,10H2,1H3,(H,16,20)(H,17,18). The topological polar surface area (TPSA) is 61.0 Å². The minimum Gasteiger partial charge on any atom is -0.333 e. The third-order valence-corrected chi connectivity index (χ3v) is 5.14. The van der Waals surface area contributed by atoms with Gasteiger partial charge in [0.25, 0.3) is 0 Å². The van der Waals surface area contributed by atoms with E-state index in [-0.39, 0.29) is 6.03 Å². The van der Waals surface area contributed by atoms with Gasteiger partial charge in [0.05, 0.1) is 6.54 Å². The van der Waals surface area contributed by atoms with Gasteiger partial charge in [-0.2, -0.15) is 5.10 Å². The summed E-state index contributed by atoms with van der Waals surface area (Å²) in [7, 11) is 0. The van der Waals surface area contributed by atoms with Crippen LogP contribution < -0.4 is 5.32 Å². The molecule has 0 radical (unpaired) electrons. The van der Waals surface area contributed by atoms with E-state index in [1.807, 2.05) is 11.0 Å². The maximum Gasteiger partial charge on any atom is 0.317 e. The first-order chi connectivity index (χ1) is 10.2. The molecule has 1 saturated heterocycles. The number of piperidine rings is 1. The molecule has 5 nitrogen and oxygen atoms in total. The number of aromatic nitrogens is 2. The normalized spacial score (nSPS) is 16.1. The van der Waals surface area contributed by atoms with E-state index < -0.39 is 0 Å². The van der Waals surface area contributed by atoms with Crippen LogP contribution in [0.15, 0.2) is 23.7 Å². The van der Waals surface area contributed by atoms with Gasteiger partial charge in [0.15, 0.2) is 0 Å². The Morgan fingerprint density at radius 1 is 1.48 bits per heavy atom. The van der Waals surface area contributed by atoms with Crippen molar-refractivity contribution in [3.63, 3.8) is 0 Å². The van der Waals surface area contributed by atoms with E-state index in [1.165, 1.54) is 16.1 Å². The summed E-state index contributed by atoms with van der Waals surface area (Å²) >= 11 is 1.69. The Labute approximate surface area is 128 Å². The molecule has 21 heavy (non-hydrogen) atoms. The highest BCUT2D eigenvalue weighted by Gasteiger charge is 2.24. The number of aryl methyl sites for hydroxylation is 1. The Bertz CT molecular complexity index is 585. The molecule has 2 aromatic heterocycles. The number of urea groups is 1. The van der Waals surface area contributed by atoms with E-state index in [0.29, 0.717) is 12.5 Å². The first-order valence-electron chi connectivity index (χ1n) is 7.29. The van der Waals surface area contributed by atoms with Gasteiger partial charge in [0, 0.05) is 35.8 Å². The van der Waals surface area contributed by atoms with Crippen LogP contribution in [-0.2, 0) is 6.54 Å². The fourth-order valence-electron chi connectivity index (χ4n) is 2.74. The van der Waals surface area contributed by atoms with Gasteiger partial charge >= 0.3 is 6.03 Å². The van der Waals surface area contributed by atoms with E-state index >= 15 is 0 Å². The first-order valence-corrected chi connectivity index (χ1v) is 8.17. The zero-order chi connectivity index (χ0) is 14.7. The zero-order valence-electron chi connectivity index (χ0n) is 12.1. The largest absolute Gasteiger partial charge is 0.333 e. The van der Waals surface area contributed by atoms with Crippen molar-refractivity contribution >= 4 is 17.4 Å². The predicted octanol–water partition coefficient (Wildman–Crippen LogP) is 2.87. The summed E-state index contributed by atoms with van der Waals surface area (Å²) in [5, 5.41) is 12.1. The Hall–Kier alpha value is -1.82. The zero-order valence-corrected chi connectivity index (χ0v) is 12.9. The van der Waals surface area contributed by atoms with Gasteiger partial charge in [0.2, 0.25) is 0 Å². The molecule has 0 saturated carbocycles. The van der Waals surface area contributed by atoms with Crippen LogP contribution >= 0.6 is 11.3 Å². The third kappa shape index (κ3) is 3.26. The number of thiophene rings is 1. The molecule has 2 amide bonds. The Morgan fingerprint density at radius 3 is 2.90 bits per heavy atom. The lowest BCUT2D eigenvalue weighted by Gasteiger charge is -2.31. The van der Waals surface area contributed by atoms with E-state index in [4.69, 9.17) is 0 Å². The molecule has 112 valence electrons. The number of carbonyl (C=O) groups excluding carboxylic acids is 1. The average molecular weight is 304 g/mol. The molecule has 1 aliphatic rings. The summed E-state index contributed by atoms with van der Waals surface area (Å²) in [5.41, 5.74) is 2.43. The molecule has 0 bridgehead atoms. The molecule has 1 aliphatic heterocycles. The van der Waals surface area contributed by atoms with Crippen molar-refractivity contribution in [2.24, 2.45) is 0 Å². The molecule has 0 unspecified atom stereocenters. The lowest BCUT2D eigenvalue weighted by molar-refractivity contribution is 0.180. The average Bonchev–Trinajstić information content (AvgIpc) is 3.17. The van der Waals surface area contributed by atoms with Crippen LogP contribution in [0.3, 0.4) is 0 Å². The number of rotatable bonds is 3. The molecular formula is C15H20N4OS. The van der Waals surface area contributed by atoms with E-state index in [1.54, 1.807) is 17.5 Å². The highest BCUT2D eigenvalue weighted by molar-refractivity contribution is 7.10. The smallest absolute Gasteiger partial charge is 0.317 e. The number of hydrogen-bond donors (Lipinski definition) is 2. The van der Waals surface area contributed by atoms with Gasteiger partial charge in [-0.05, 0) is 42.8 Å². The quantitative estimate of drug-likeness (QED) is 0.916. The minimum atomic E-state index is 0.0471. The number of H-pyrrole nitrogens is 1. The predicted molar refractivity (Wildman–Crippen MR) is 83.4 cm³/mol. The van der Waals surface area contributed by atoms with Crippen molar-refractivity contribution in [1.29, 1.82) is 0 Å². The summed E-state index contributed by atoms with van der Waals surface area (Å²) in [4.78, 5) is 15.3. The molecule has 0 aromatic carbocycles. The number of aromatic amines is 1. The fourth-order valence-corrected chi connectivity index (χ4v) is 3.59. The van der Waals surface area contributed by atoms with Gasteiger partial charge in [-0.1, -0.05) is 0 Å². The molecule has 3 heterocycles. The van der Waals surface area contributed by atoms with Gasteiger partial charge in [-0.15, -0.1) is 11.3 Å². The van der Waals surface area contributed by atoms with Gasteiger partial charge in [-0.3, -0.25) is 5.10 Å². The lowest BCUT2D eigenvalue weighted by Crippen LogP contribution is -2.43. The molecule has 6 heteroatoms. The Kier molecular flexibility index (Phi) is 4.24. The number of hydrogen-bond acceptors (Lipinski definition) is 3. The summed E-state index contributed by atoms with van der Waals surface area (Å²) in [6.07, 6.45) is 3.78. The van der Waals surface area contributed by atoms with Crippen LogP contribution in [0.5, 0.6) is 0 Å². The number of nitrogens with zero attached hydrogens (tertiary/aromatic N) is 2. The molecule has 1 fully saturated rings. The molecular weight excluding hydrogens is 284 g/mol. The highest BCUT2D eigenvalue weighted by Crippen LogP contribution is 2.26. The lowest BCUT2D eigenvalue weighted by atomic mass is 9.94. The van der Waals surface area contributed by atoms with E-state index in [0.717, 1.165) is 25.9 Å². The summed E-state index contributed by atoms with van der Waals surface area (Å²) < 4.78 is 0. The summed E-state index contributed by atoms with van der Waals surface area (Å²) in [6, 6.07) is 4.16. The number of carbonyl (C=O) groups is 1. The van der Waals surface area contributed by atoms with Crippen LogP contribution in [-0.4, -0.2) is 34.2 Å². The molecule has 0 atom stereocenters. The number of amides is 2. The van der Waals surface area contributed by atoms with Crippen molar-refractivity contribution in [3.05, 3.63) is 39.8 Å². The summed E-state index contributed by atoms with van der Waals surface area (Å²) in [6.45, 7) is 4.31. The Morgan fingerprint density at radius 2 is 2.29 bits per heavy atom. The van der Waals surface area contributed by atoms with Crippen LogP contribution in [0.1, 0.15) is 34.9 Å². The van der Waals surface area contributed by atoms with Crippen molar-refractivity contribution in [1.82, 2.24) is 20.4 Å². The fraction of sp³-hybridized carbons (Fsp3) is 0.467. The second-order valence-corrected chi connectivity index (χ2v) is 6.46. The van der Waals surface area contributed by atoms with Crippen molar-refractivity contribution < 1.29 is 4.79 Å². The molecule has 2 N–H and O–H groups in total. The SMILES string of the molecule is Cc1ccsc1CNC(=O)N1CCC(c2ccn[nH]2)CC1. The van der Waals surface area contributed by atoms with Crippen molar-refractivity contribution in [2.75, 3.05) is 13.1 Å². The number of likely N-dealkylation sites (tertiary alicyclic amines) is 1. The Balaban J connectivity index is 1.48. The molecule has 2 aromatic rings. The summed E-state index contributed by atoms with van der Waals surface area (Å²) in [5.74, 6) is 0.496.